The van der Waals surface area contributed by atoms with Gasteiger partial charge >= 0.3 is 0 Å². The minimum atomic E-state index is -3.72. The number of nitrogens with one attached hydrogen (secondary N) is 1. The zero-order valence-electron chi connectivity index (χ0n) is 19.8. The van der Waals surface area contributed by atoms with Crippen molar-refractivity contribution in [3.05, 3.63) is 90.5 Å². The fourth-order valence-corrected chi connectivity index (χ4v) is 5.91. The van der Waals surface area contributed by atoms with Gasteiger partial charge in [-0.3, -0.25) is 9.10 Å². The number of hydrogen-bond donors (Lipinski definition) is 1. The van der Waals surface area contributed by atoms with Crippen molar-refractivity contribution in [3.8, 4) is 11.5 Å². The van der Waals surface area contributed by atoms with E-state index >= 15 is 0 Å². The molecule has 1 aliphatic heterocycles. The van der Waals surface area contributed by atoms with Crippen LogP contribution in [0.15, 0.2) is 89.8 Å². The van der Waals surface area contributed by atoms with Gasteiger partial charge in [0.2, 0.25) is 0 Å². The molecule has 36 heavy (non-hydrogen) atoms. The van der Waals surface area contributed by atoms with E-state index in [2.05, 4.69) is 5.32 Å². The summed E-state index contributed by atoms with van der Waals surface area (Å²) in [7, 11) is -2.18. The lowest BCUT2D eigenvalue weighted by molar-refractivity contribution is -0.118. The van der Waals surface area contributed by atoms with Crippen LogP contribution >= 0.6 is 0 Å². The number of methoxy groups -OCH3 is 1. The lowest BCUT2D eigenvalue weighted by Gasteiger charge is -2.31. The molecule has 5 rings (SSSR count). The molecule has 0 fully saturated rings. The SMILES string of the molecule is COc1ccc(S(=O)(=O)N2CCCc3cc(NC(=O)COc4ccc5ccccc5c4)ccc32)cc1. The van der Waals surface area contributed by atoms with E-state index in [1.165, 1.54) is 11.4 Å². The summed E-state index contributed by atoms with van der Waals surface area (Å²) in [4.78, 5) is 12.7. The molecular formula is C28H26N2O5S. The number of aryl methyl sites for hydroxylation is 1. The average Bonchev–Trinajstić information content (AvgIpc) is 2.91. The molecule has 0 spiro atoms. The number of rotatable bonds is 7. The van der Waals surface area contributed by atoms with E-state index in [9.17, 15) is 13.2 Å². The first-order valence-corrected chi connectivity index (χ1v) is 13.1. The normalized spacial score (nSPS) is 13.2. The maximum absolute atomic E-state index is 13.3. The first kappa shape index (κ1) is 23.7. The van der Waals surface area contributed by atoms with Crippen molar-refractivity contribution in [2.75, 3.05) is 29.9 Å². The van der Waals surface area contributed by atoms with Crippen LogP contribution in [0.3, 0.4) is 0 Å². The molecule has 184 valence electrons. The topological polar surface area (TPSA) is 84.9 Å². The van der Waals surface area contributed by atoms with Gasteiger partial charge in [0, 0.05) is 12.2 Å². The second kappa shape index (κ2) is 9.91. The molecule has 4 aromatic carbocycles. The Morgan fingerprint density at radius 2 is 1.67 bits per heavy atom. The number of carbonyl (C=O) groups is 1. The van der Waals surface area contributed by atoms with Gasteiger partial charge in [-0.2, -0.15) is 0 Å². The van der Waals surface area contributed by atoms with Crippen LogP contribution in [0, 0.1) is 0 Å². The van der Waals surface area contributed by atoms with Gasteiger partial charge < -0.3 is 14.8 Å². The van der Waals surface area contributed by atoms with E-state index in [-0.39, 0.29) is 17.4 Å². The molecule has 1 N–H and O–H groups in total. The summed E-state index contributed by atoms with van der Waals surface area (Å²) in [6.07, 6.45) is 1.41. The Balaban J connectivity index is 1.27. The first-order chi connectivity index (χ1) is 17.4. The largest absolute Gasteiger partial charge is 0.497 e. The van der Waals surface area contributed by atoms with E-state index in [0.717, 1.165) is 22.8 Å². The minimum Gasteiger partial charge on any atom is -0.497 e. The number of carbonyl (C=O) groups excluding carboxylic acids is 1. The van der Waals surface area contributed by atoms with Crippen molar-refractivity contribution in [1.29, 1.82) is 0 Å². The summed E-state index contributed by atoms with van der Waals surface area (Å²) in [5, 5.41) is 5.00. The molecule has 0 bridgehead atoms. The quantitative estimate of drug-likeness (QED) is 0.384. The predicted molar refractivity (Wildman–Crippen MR) is 140 cm³/mol. The Morgan fingerprint density at radius 3 is 2.44 bits per heavy atom. The van der Waals surface area contributed by atoms with Crippen LogP contribution in [0.4, 0.5) is 11.4 Å². The fourth-order valence-electron chi connectivity index (χ4n) is 4.37. The van der Waals surface area contributed by atoms with Crippen LogP contribution in [0.1, 0.15) is 12.0 Å². The van der Waals surface area contributed by atoms with E-state index in [0.29, 0.717) is 35.8 Å². The van der Waals surface area contributed by atoms with Gasteiger partial charge in [-0.1, -0.05) is 30.3 Å². The van der Waals surface area contributed by atoms with Crippen LogP contribution in [0.25, 0.3) is 10.8 Å². The standard InChI is InChI=1S/C28H26N2O5S/c1-34-24-11-13-26(14-12-24)36(32,33)30-16-4-7-22-17-23(9-15-27(22)30)29-28(31)19-35-25-10-8-20-5-2-3-6-21(20)18-25/h2-3,5-6,8-15,17-18H,4,7,16,19H2,1H3,(H,29,31). The molecular weight excluding hydrogens is 476 g/mol. The fraction of sp³-hybridized carbons (Fsp3) is 0.179. The molecule has 8 heteroatoms. The number of anilines is 2. The third-order valence-electron chi connectivity index (χ3n) is 6.18. The Kier molecular flexibility index (Phi) is 6.52. The monoisotopic (exact) mass is 502 g/mol. The number of fused-ring (bicyclic) bond motifs is 2. The average molecular weight is 503 g/mol. The molecule has 0 aromatic heterocycles. The van der Waals surface area contributed by atoms with Crippen molar-refractivity contribution in [2.24, 2.45) is 0 Å². The third-order valence-corrected chi connectivity index (χ3v) is 8.00. The van der Waals surface area contributed by atoms with Gasteiger partial charge in [0.25, 0.3) is 15.9 Å². The van der Waals surface area contributed by atoms with Crippen LogP contribution in [0.5, 0.6) is 11.5 Å². The molecule has 0 saturated heterocycles. The van der Waals surface area contributed by atoms with E-state index in [1.807, 2.05) is 48.5 Å². The molecule has 1 aliphatic rings. The summed E-state index contributed by atoms with van der Waals surface area (Å²) in [6, 6.07) is 25.3. The molecule has 1 heterocycles. The molecule has 0 radical (unpaired) electrons. The molecule has 0 unspecified atom stereocenters. The summed E-state index contributed by atoms with van der Waals surface area (Å²) < 4.78 is 38.9. The Hall–Kier alpha value is -4.04. The lowest BCUT2D eigenvalue weighted by Crippen LogP contribution is -2.35. The molecule has 0 atom stereocenters. The number of ether oxygens (including phenoxy) is 2. The molecule has 1 amide bonds. The molecule has 0 aliphatic carbocycles. The summed E-state index contributed by atoms with van der Waals surface area (Å²) in [6.45, 7) is 0.264. The van der Waals surface area contributed by atoms with Crippen molar-refractivity contribution >= 4 is 38.1 Å². The highest BCUT2D eigenvalue weighted by Crippen LogP contribution is 2.34. The second-order valence-electron chi connectivity index (χ2n) is 8.55. The number of nitrogens with zero attached hydrogens (tertiary/aromatic N) is 1. The van der Waals surface area contributed by atoms with Gasteiger partial charge in [0.05, 0.1) is 17.7 Å². The Morgan fingerprint density at radius 1 is 0.917 bits per heavy atom. The van der Waals surface area contributed by atoms with Gasteiger partial charge in [0.1, 0.15) is 11.5 Å². The number of amides is 1. The van der Waals surface area contributed by atoms with Gasteiger partial charge in [0.15, 0.2) is 6.61 Å². The zero-order valence-corrected chi connectivity index (χ0v) is 20.6. The van der Waals surface area contributed by atoms with Crippen molar-refractivity contribution in [3.63, 3.8) is 0 Å². The minimum absolute atomic E-state index is 0.132. The van der Waals surface area contributed by atoms with E-state index < -0.39 is 10.0 Å². The highest BCUT2D eigenvalue weighted by atomic mass is 32.2. The maximum atomic E-state index is 13.3. The third kappa shape index (κ3) is 4.85. The molecule has 7 nitrogen and oxygen atoms in total. The van der Waals surface area contributed by atoms with E-state index in [4.69, 9.17) is 9.47 Å². The highest BCUT2D eigenvalue weighted by molar-refractivity contribution is 7.92. The van der Waals surface area contributed by atoms with E-state index in [1.54, 1.807) is 36.4 Å². The number of benzene rings is 4. The number of sulfonamides is 1. The van der Waals surface area contributed by atoms with Crippen LogP contribution in [-0.4, -0.2) is 34.6 Å². The Labute approximate surface area is 210 Å². The second-order valence-corrected chi connectivity index (χ2v) is 10.4. The van der Waals surface area contributed by atoms with Gasteiger partial charge in [-0.15, -0.1) is 0 Å². The zero-order chi connectivity index (χ0) is 25.1. The van der Waals surface area contributed by atoms with Gasteiger partial charge in [-0.05, 0) is 83.8 Å². The van der Waals surface area contributed by atoms with Crippen molar-refractivity contribution in [1.82, 2.24) is 0 Å². The maximum Gasteiger partial charge on any atom is 0.264 e. The Bertz CT molecular complexity index is 1520. The van der Waals surface area contributed by atoms with Crippen molar-refractivity contribution in [2.45, 2.75) is 17.7 Å². The predicted octanol–water partition coefficient (Wildman–Crippen LogP) is 5.01. The summed E-state index contributed by atoms with van der Waals surface area (Å²) in [5.74, 6) is 0.924. The smallest absolute Gasteiger partial charge is 0.264 e. The van der Waals surface area contributed by atoms with Crippen LogP contribution < -0.4 is 19.1 Å². The number of hydrogen-bond acceptors (Lipinski definition) is 5. The van der Waals surface area contributed by atoms with Gasteiger partial charge in [-0.25, -0.2) is 8.42 Å². The van der Waals surface area contributed by atoms with Crippen molar-refractivity contribution < 1.29 is 22.7 Å². The van der Waals surface area contributed by atoms with Crippen LogP contribution in [-0.2, 0) is 21.2 Å². The summed E-state index contributed by atoms with van der Waals surface area (Å²) >= 11 is 0. The lowest BCUT2D eigenvalue weighted by atomic mass is 10.0. The molecule has 0 saturated carbocycles. The molecule has 4 aromatic rings. The highest BCUT2D eigenvalue weighted by Gasteiger charge is 2.29. The van der Waals surface area contributed by atoms with Crippen LogP contribution in [0.2, 0.25) is 0 Å². The summed E-state index contributed by atoms with van der Waals surface area (Å²) in [5.41, 5.74) is 2.10. The first-order valence-electron chi connectivity index (χ1n) is 11.7.